The second kappa shape index (κ2) is 25.0. The van der Waals surface area contributed by atoms with E-state index in [9.17, 15) is 15.3 Å². The molecule has 0 aliphatic heterocycles. The fourth-order valence-corrected chi connectivity index (χ4v) is 2.13. The Morgan fingerprint density at radius 3 is 1.03 bits per heavy atom. The van der Waals surface area contributed by atoms with Crippen LogP contribution in [-0.2, 0) is 33.3 Å². The molecule has 0 radical (unpaired) electrons. The Hall–Kier alpha value is -2.01. The fraction of sp³-hybridized carbons (Fsp3) is 0.429. The molecule has 39 heavy (non-hydrogen) atoms. The molecule has 0 spiro atoms. The molecule has 2 rings (SSSR count). The molecule has 0 N–H and O–H groups in total. The number of hydrogen-bond acceptors (Lipinski definition) is 3. The molecule has 0 aliphatic rings. The molecular weight excluding hydrogens is 516 g/mol. The molecule has 4 heteroatoms. The van der Waals surface area contributed by atoms with Gasteiger partial charge in [0.1, 0.15) is 0 Å². The first-order valence-electron chi connectivity index (χ1n) is 13.3. The van der Waals surface area contributed by atoms with Crippen molar-refractivity contribution in [1.29, 1.82) is 0 Å². The minimum absolute atomic E-state index is 0.750. The molecule has 0 saturated heterocycles. The third kappa shape index (κ3) is 61.6. The third-order valence-corrected chi connectivity index (χ3v) is 3.48. The van der Waals surface area contributed by atoms with Crippen molar-refractivity contribution in [3.05, 3.63) is 119 Å². The van der Waals surface area contributed by atoms with E-state index >= 15 is 0 Å². The minimum atomic E-state index is -0.750. The number of allylic oxidation sites excluding steroid dienone is 7. The summed E-state index contributed by atoms with van der Waals surface area (Å²) in [5.41, 5.74) is 0.454. The van der Waals surface area contributed by atoms with Crippen molar-refractivity contribution >= 4 is 0 Å². The van der Waals surface area contributed by atoms with Crippen LogP contribution < -0.4 is 15.3 Å². The summed E-state index contributed by atoms with van der Waals surface area (Å²) < 4.78 is 2.00. The average Bonchev–Trinajstić information content (AvgIpc) is 2.78. The van der Waals surface area contributed by atoms with Gasteiger partial charge in [0.25, 0.3) is 0 Å². The van der Waals surface area contributed by atoms with Crippen LogP contribution in [0.5, 0.6) is 0 Å². The Kier molecular flexibility index (Phi) is 26.6. The predicted molar refractivity (Wildman–Crippen MR) is 162 cm³/mol. The van der Waals surface area contributed by atoms with Crippen molar-refractivity contribution in [2.75, 3.05) is 0 Å². The molecule has 0 saturated carbocycles. The molecule has 0 unspecified atom stereocenters. The maximum atomic E-state index is 10.1. The summed E-state index contributed by atoms with van der Waals surface area (Å²) in [6.07, 6.45) is 16.6. The van der Waals surface area contributed by atoms with Crippen LogP contribution in [0.3, 0.4) is 0 Å². The third-order valence-electron chi connectivity index (χ3n) is 3.18. The Morgan fingerprint density at radius 2 is 0.821 bits per heavy atom. The van der Waals surface area contributed by atoms with Gasteiger partial charge in [0, 0.05) is 0 Å². The SMILES string of the molecule is C(C=CCc1ccccc1)=CCc1ccccc1.CC(C)(C)[O-].CC(C)(C)[O-].CC(C)(C)[O-].CC=CC=[CH][Ti+3]. The van der Waals surface area contributed by atoms with E-state index in [0.717, 1.165) is 12.8 Å². The number of hydrogen-bond donors (Lipinski definition) is 0. The first kappa shape index (κ1) is 41.5. The normalized spacial score (nSPS) is 11.7. The Balaban J connectivity index is -0.000000507. The van der Waals surface area contributed by atoms with Gasteiger partial charge in [-0.1, -0.05) is 147 Å². The molecular formula is C35H52O3Ti. The van der Waals surface area contributed by atoms with Gasteiger partial charge in [-0.15, -0.1) is 16.8 Å². The fourth-order valence-electron chi connectivity index (χ4n) is 1.96. The summed E-state index contributed by atoms with van der Waals surface area (Å²) in [4.78, 5) is 0. The van der Waals surface area contributed by atoms with Crippen LogP contribution in [0.15, 0.2) is 108 Å². The molecule has 0 aromatic heterocycles. The quantitative estimate of drug-likeness (QED) is 0.290. The van der Waals surface area contributed by atoms with E-state index in [1.54, 1.807) is 62.3 Å². The molecule has 0 bridgehead atoms. The van der Waals surface area contributed by atoms with Gasteiger partial charge in [0.15, 0.2) is 0 Å². The molecule has 214 valence electrons. The number of benzene rings is 2. The van der Waals surface area contributed by atoms with Crippen molar-refractivity contribution in [3.8, 4) is 0 Å². The van der Waals surface area contributed by atoms with Crippen LogP contribution in [0.4, 0.5) is 0 Å². The van der Waals surface area contributed by atoms with Gasteiger partial charge in [0.2, 0.25) is 0 Å². The van der Waals surface area contributed by atoms with E-state index in [2.05, 4.69) is 72.8 Å². The predicted octanol–water partition coefficient (Wildman–Crippen LogP) is 6.64. The van der Waals surface area contributed by atoms with Crippen LogP contribution >= 0.6 is 0 Å². The van der Waals surface area contributed by atoms with Crippen molar-refractivity contribution in [3.63, 3.8) is 0 Å². The summed E-state index contributed by atoms with van der Waals surface area (Å²) in [5, 5.41) is 30.3. The van der Waals surface area contributed by atoms with Gasteiger partial charge < -0.3 is 15.3 Å². The molecule has 3 nitrogen and oxygen atoms in total. The Morgan fingerprint density at radius 1 is 0.538 bits per heavy atom. The molecule has 2 aromatic carbocycles. The monoisotopic (exact) mass is 568 g/mol. The van der Waals surface area contributed by atoms with Gasteiger partial charge in [-0.3, -0.25) is 0 Å². The van der Waals surface area contributed by atoms with Crippen molar-refractivity contribution in [2.24, 2.45) is 0 Å². The second-order valence-corrected chi connectivity index (χ2v) is 12.0. The van der Waals surface area contributed by atoms with Crippen molar-refractivity contribution in [1.82, 2.24) is 0 Å². The maximum absolute atomic E-state index is 10.1. The number of rotatable bonds is 6. The van der Waals surface area contributed by atoms with E-state index in [-0.39, 0.29) is 0 Å². The summed E-state index contributed by atoms with van der Waals surface area (Å²) in [6, 6.07) is 21.0. The van der Waals surface area contributed by atoms with Gasteiger partial charge in [-0.25, -0.2) is 0 Å². The summed E-state index contributed by atoms with van der Waals surface area (Å²) in [5.74, 6) is 0. The van der Waals surface area contributed by atoms with E-state index in [0.29, 0.717) is 0 Å². The molecule has 0 heterocycles. The van der Waals surface area contributed by atoms with Crippen LogP contribution in [0, 0.1) is 0 Å². The van der Waals surface area contributed by atoms with Crippen LogP contribution in [0.1, 0.15) is 80.4 Å². The first-order chi connectivity index (χ1) is 17.9. The van der Waals surface area contributed by atoms with E-state index in [1.807, 2.05) is 62.1 Å². The molecule has 0 fully saturated rings. The van der Waals surface area contributed by atoms with Crippen molar-refractivity contribution in [2.45, 2.75) is 98.9 Å². The van der Waals surface area contributed by atoms with Gasteiger partial charge >= 0.3 is 50.0 Å². The van der Waals surface area contributed by atoms with E-state index in [1.165, 1.54) is 11.1 Å². The van der Waals surface area contributed by atoms with Crippen LogP contribution in [0.2, 0.25) is 0 Å². The van der Waals surface area contributed by atoms with Crippen LogP contribution in [-0.4, -0.2) is 16.8 Å². The van der Waals surface area contributed by atoms with Gasteiger partial charge in [0.05, 0.1) is 0 Å². The van der Waals surface area contributed by atoms with E-state index in [4.69, 9.17) is 0 Å². The zero-order chi connectivity index (χ0) is 30.8. The zero-order valence-corrected chi connectivity index (χ0v) is 27.6. The summed E-state index contributed by atoms with van der Waals surface area (Å²) in [6.45, 7) is 16.7. The van der Waals surface area contributed by atoms with Gasteiger partial charge in [-0.2, -0.15) is 0 Å². The molecule has 2 aromatic rings. The molecule has 0 atom stereocenters. The van der Waals surface area contributed by atoms with Crippen LogP contribution in [0.25, 0.3) is 0 Å². The topological polar surface area (TPSA) is 69.2 Å². The average molecular weight is 569 g/mol. The first-order valence-corrected chi connectivity index (χ1v) is 14.2. The Labute approximate surface area is 252 Å². The summed E-state index contributed by atoms with van der Waals surface area (Å²) >= 11 is 2.00. The van der Waals surface area contributed by atoms with E-state index < -0.39 is 16.8 Å². The Bertz CT molecular complexity index is 787. The molecule has 0 amide bonds. The van der Waals surface area contributed by atoms with Gasteiger partial charge in [-0.05, 0) is 24.0 Å². The molecule has 0 aliphatic carbocycles. The second-order valence-electron chi connectivity index (χ2n) is 11.5. The standard InChI is InChI=1S/C18H18.C5H7.3C4H9O.Ti/c1(5-11-17-13-7-3-8-14-17)2-6-12-18-15-9-4-10-16-18;1-3-5-4-2;3*1-4(2,3)5;/h1-10,13-16H,11-12H2;1,3-5H,2H3;3*1-3H3;/q;;3*-1;+3. The summed E-state index contributed by atoms with van der Waals surface area (Å²) in [7, 11) is 0. The van der Waals surface area contributed by atoms with Crippen molar-refractivity contribution < 1.29 is 35.8 Å². The zero-order valence-electron chi connectivity index (χ0n) is 26.0.